The zero-order valence-electron chi connectivity index (χ0n) is 14.9. The number of allylic oxidation sites excluding steroid dienone is 6. The van der Waals surface area contributed by atoms with E-state index < -0.39 is 0 Å². The van der Waals surface area contributed by atoms with Crippen LogP contribution in [0.2, 0.25) is 0 Å². The summed E-state index contributed by atoms with van der Waals surface area (Å²) < 4.78 is 0. The molecule has 1 aromatic heterocycles. The van der Waals surface area contributed by atoms with Crippen LogP contribution in [0.5, 0.6) is 0 Å². The topological polar surface area (TPSA) is 12.9 Å². The molecule has 0 saturated carbocycles. The van der Waals surface area contributed by atoms with E-state index in [4.69, 9.17) is 0 Å². The average Bonchev–Trinajstić information content (AvgIpc) is 2.66. The molecule has 0 aliphatic rings. The fourth-order valence-corrected chi connectivity index (χ4v) is 2.16. The van der Waals surface area contributed by atoms with Crippen LogP contribution in [0.25, 0.3) is 11.1 Å². The molecule has 0 N–H and O–H groups in total. The Bertz CT molecular complexity index is 851. The molecule has 0 unspecified atom stereocenters. The summed E-state index contributed by atoms with van der Waals surface area (Å²) in [5.74, 6) is 6.32. The summed E-state index contributed by atoms with van der Waals surface area (Å²) in [6.45, 7) is 12.2. The van der Waals surface area contributed by atoms with Gasteiger partial charge in [-0.05, 0) is 54.3 Å². The normalized spacial score (nSPS) is 10.6. The molecule has 0 aliphatic carbocycles. The summed E-state index contributed by atoms with van der Waals surface area (Å²) in [4.78, 5) is 4.43. The predicted octanol–water partition coefficient (Wildman–Crippen LogP) is 6.05. The summed E-state index contributed by atoms with van der Waals surface area (Å²) in [5.41, 5.74) is 5.91. The molecule has 1 heterocycles. The second-order valence-corrected chi connectivity index (χ2v) is 5.63. The average molecular weight is 325 g/mol. The summed E-state index contributed by atoms with van der Waals surface area (Å²) in [6.07, 6.45) is 10.6. The Morgan fingerprint density at radius 1 is 1.00 bits per heavy atom. The van der Waals surface area contributed by atoms with Gasteiger partial charge in [0.2, 0.25) is 0 Å². The lowest BCUT2D eigenvalue weighted by molar-refractivity contribution is 1.24. The first kappa shape index (κ1) is 18.2. The van der Waals surface area contributed by atoms with Crippen LogP contribution in [0.15, 0.2) is 80.1 Å². The summed E-state index contributed by atoms with van der Waals surface area (Å²) in [7, 11) is 0. The molecule has 0 atom stereocenters. The summed E-state index contributed by atoms with van der Waals surface area (Å²) in [5, 5.41) is 0. The summed E-state index contributed by atoms with van der Waals surface area (Å²) >= 11 is 0. The van der Waals surface area contributed by atoms with Crippen molar-refractivity contribution in [2.24, 2.45) is 0 Å². The van der Waals surface area contributed by atoms with Gasteiger partial charge in [0, 0.05) is 17.3 Å². The highest BCUT2D eigenvalue weighted by molar-refractivity contribution is 5.70. The molecular weight excluding hydrogens is 302 g/mol. The molecule has 25 heavy (non-hydrogen) atoms. The third-order valence-corrected chi connectivity index (χ3v) is 3.76. The van der Waals surface area contributed by atoms with E-state index in [0.29, 0.717) is 0 Å². The SMILES string of the molecule is C=C(CC)c1ccc(C#Cc2ccc(C(=C)/C=C\C=C/C)nc2)cc1. The first-order valence-electron chi connectivity index (χ1n) is 8.39. The van der Waals surface area contributed by atoms with E-state index in [1.54, 1.807) is 6.20 Å². The minimum Gasteiger partial charge on any atom is -0.255 e. The Morgan fingerprint density at radius 3 is 2.28 bits per heavy atom. The van der Waals surface area contributed by atoms with E-state index in [1.807, 2.05) is 55.5 Å². The third kappa shape index (κ3) is 5.48. The maximum absolute atomic E-state index is 4.43. The third-order valence-electron chi connectivity index (χ3n) is 3.76. The molecule has 2 aromatic rings. The van der Waals surface area contributed by atoms with Crippen LogP contribution in [-0.2, 0) is 0 Å². The molecule has 1 nitrogen and oxygen atoms in total. The Morgan fingerprint density at radius 2 is 1.68 bits per heavy atom. The van der Waals surface area contributed by atoms with Gasteiger partial charge in [0.25, 0.3) is 0 Å². The van der Waals surface area contributed by atoms with Gasteiger partial charge in [-0.25, -0.2) is 0 Å². The van der Waals surface area contributed by atoms with Gasteiger partial charge in [0.1, 0.15) is 0 Å². The highest BCUT2D eigenvalue weighted by Crippen LogP contribution is 2.16. The Labute approximate surface area is 151 Å². The quantitative estimate of drug-likeness (QED) is 0.481. The molecule has 124 valence electrons. The fraction of sp³-hybridized carbons (Fsp3) is 0.125. The Hall–Kier alpha value is -3.11. The Kier molecular flexibility index (Phi) is 6.75. The van der Waals surface area contributed by atoms with Gasteiger partial charge in [-0.2, -0.15) is 0 Å². The van der Waals surface area contributed by atoms with E-state index in [1.165, 1.54) is 5.56 Å². The van der Waals surface area contributed by atoms with E-state index in [2.05, 4.69) is 49.0 Å². The molecular formula is C24H23N. The van der Waals surface area contributed by atoms with Crippen LogP contribution in [0.4, 0.5) is 0 Å². The second kappa shape index (κ2) is 9.25. The van der Waals surface area contributed by atoms with Gasteiger partial charge in [0.15, 0.2) is 0 Å². The molecule has 0 radical (unpaired) electrons. The first-order valence-corrected chi connectivity index (χ1v) is 8.39. The van der Waals surface area contributed by atoms with Crippen LogP contribution in [-0.4, -0.2) is 4.98 Å². The van der Waals surface area contributed by atoms with Crippen LogP contribution in [0.1, 0.15) is 42.7 Å². The smallest absolute Gasteiger partial charge is 0.0696 e. The highest BCUT2D eigenvalue weighted by atomic mass is 14.7. The monoisotopic (exact) mass is 325 g/mol. The van der Waals surface area contributed by atoms with Gasteiger partial charge in [-0.3, -0.25) is 4.98 Å². The number of aromatic nitrogens is 1. The first-order chi connectivity index (χ1) is 12.1. The fourth-order valence-electron chi connectivity index (χ4n) is 2.16. The zero-order valence-corrected chi connectivity index (χ0v) is 14.9. The van der Waals surface area contributed by atoms with Gasteiger partial charge in [-0.1, -0.05) is 68.4 Å². The maximum Gasteiger partial charge on any atom is 0.0696 e. The van der Waals surface area contributed by atoms with Crippen molar-refractivity contribution in [2.45, 2.75) is 20.3 Å². The molecule has 0 amide bonds. The number of nitrogens with zero attached hydrogens (tertiary/aromatic N) is 1. The standard InChI is InChI=1S/C24H23N/c1-5-7-8-9-20(4)24-17-14-22(18-25-24)11-10-21-12-15-23(16-13-21)19(3)6-2/h5,7-9,12-18H,3-4,6H2,1-2H3/b7-5-,9-8-. The van der Waals surface area contributed by atoms with Gasteiger partial charge >= 0.3 is 0 Å². The molecule has 0 spiro atoms. The van der Waals surface area contributed by atoms with E-state index in [0.717, 1.165) is 34.4 Å². The number of rotatable bonds is 5. The molecule has 1 heteroatoms. The highest BCUT2D eigenvalue weighted by Gasteiger charge is 1.97. The largest absolute Gasteiger partial charge is 0.255 e. The van der Waals surface area contributed by atoms with Crippen molar-refractivity contribution in [3.63, 3.8) is 0 Å². The number of pyridine rings is 1. The predicted molar refractivity (Wildman–Crippen MR) is 109 cm³/mol. The lowest BCUT2D eigenvalue weighted by Crippen LogP contribution is -1.87. The van der Waals surface area contributed by atoms with Crippen molar-refractivity contribution in [2.75, 3.05) is 0 Å². The van der Waals surface area contributed by atoms with E-state index in [9.17, 15) is 0 Å². The van der Waals surface area contributed by atoms with Crippen LogP contribution in [0, 0.1) is 11.8 Å². The molecule has 2 rings (SSSR count). The van der Waals surface area contributed by atoms with Crippen molar-refractivity contribution >= 4 is 11.1 Å². The zero-order chi connectivity index (χ0) is 18.1. The minimum absolute atomic E-state index is 0.855. The summed E-state index contributed by atoms with van der Waals surface area (Å²) in [6, 6.07) is 12.1. The number of hydrogen-bond acceptors (Lipinski definition) is 1. The van der Waals surface area contributed by atoms with Crippen molar-refractivity contribution < 1.29 is 0 Å². The van der Waals surface area contributed by atoms with Crippen molar-refractivity contribution in [3.05, 3.63) is 102 Å². The molecule has 1 aromatic carbocycles. The van der Waals surface area contributed by atoms with Crippen molar-refractivity contribution in [3.8, 4) is 11.8 Å². The molecule has 0 bridgehead atoms. The van der Waals surface area contributed by atoms with Crippen LogP contribution < -0.4 is 0 Å². The Balaban J connectivity index is 2.08. The van der Waals surface area contributed by atoms with Crippen LogP contribution >= 0.6 is 0 Å². The van der Waals surface area contributed by atoms with E-state index >= 15 is 0 Å². The van der Waals surface area contributed by atoms with Crippen molar-refractivity contribution in [1.29, 1.82) is 0 Å². The van der Waals surface area contributed by atoms with Gasteiger partial charge < -0.3 is 0 Å². The molecule has 0 fully saturated rings. The lowest BCUT2D eigenvalue weighted by atomic mass is 10.0. The lowest BCUT2D eigenvalue weighted by Gasteiger charge is -2.02. The minimum atomic E-state index is 0.855. The van der Waals surface area contributed by atoms with Crippen LogP contribution in [0.3, 0.4) is 0 Å². The molecule has 0 saturated heterocycles. The molecule has 0 aliphatic heterocycles. The van der Waals surface area contributed by atoms with E-state index in [-0.39, 0.29) is 0 Å². The van der Waals surface area contributed by atoms with Gasteiger partial charge in [0.05, 0.1) is 5.69 Å². The number of hydrogen-bond donors (Lipinski definition) is 0. The number of benzene rings is 1. The van der Waals surface area contributed by atoms with Crippen molar-refractivity contribution in [1.82, 2.24) is 4.98 Å². The van der Waals surface area contributed by atoms with Gasteiger partial charge in [-0.15, -0.1) is 0 Å². The second-order valence-electron chi connectivity index (χ2n) is 5.63. The maximum atomic E-state index is 4.43.